The molecule has 0 spiro atoms. The van der Waals surface area contributed by atoms with E-state index in [1.807, 2.05) is 0 Å². The zero-order chi connectivity index (χ0) is 15.7. The average Bonchev–Trinajstić information content (AvgIpc) is 2.93. The zero-order valence-electron chi connectivity index (χ0n) is 11.7. The van der Waals surface area contributed by atoms with E-state index < -0.39 is 5.82 Å². The van der Waals surface area contributed by atoms with E-state index in [1.165, 1.54) is 12.1 Å². The molecule has 0 aliphatic carbocycles. The third-order valence-electron chi connectivity index (χ3n) is 3.71. The molecule has 0 unspecified atom stereocenters. The molecular formula is C14H14ClFN4O2. The van der Waals surface area contributed by atoms with Crippen LogP contribution in [0.2, 0.25) is 5.02 Å². The summed E-state index contributed by atoms with van der Waals surface area (Å²) in [4.78, 5) is 13.9. The fraction of sp³-hybridized carbons (Fsp3) is 0.357. The second-order valence-electron chi connectivity index (χ2n) is 5.03. The Kier molecular flexibility index (Phi) is 4.08. The number of carbonyl (C=O) groups is 1. The molecule has 1 aliphatic heterocycles. The number of hydrogen-bond acceptors (Lipinski definition) is 4. The molecule has 0 atom stereocenters. The number of aromatic nitrogens is 3. The van der Waals surface area contributed by atoms with Crippen molar-refractivity contribution in [3.05, 3.63) is 46.3 Å². The van der Waals surface area contributed by atoms with Crippen LogP contribution in [0, 0.1) is 5.82 Å². The summed E-state index contributed by atoms with van der Waals surface area (Å²) >= 11 is 5.95. The molecule has 116 valence electrons. The van der Waals surface area contributed by atoms with E-state index in [0.717, 1.165) is 0 Å². The van der Waals surface area contributed by atoms with Crippen molar-refractivity contribution in [2.75, 3.05) is 6.54 Å². The second kappa shape index (κ2) is 6.02. The first-order valence-electron chi connectivity index (χ1n) is 6.82. The summed E-state index contributed by atoms with van der Waals surface area (Å²) in [7, 11) is 0. The molecule has 1 N–H and O–H groups in total. The molecule has 0 bridgehead atoms. The largest absolute Gasteiger partial charge is 0.388 e. The number of aliphatic hydroxyl groups excluding tert-OH is 1. The maximum Gasteiger partial charge on any atom is 0.227 e. The summed E-state index contributed by atoms with van der Waals surface area (Å²) in [5, 5.41) is 17.2. The first kappa shape index (κ1) is 14.9. The second-order valence-corrected chi connectivity index (χ2v) is 5.44. The predicted octanol–water partition coefficient (Wildman–Crippen LogP) is 1.15. The van der Waals surface area contributed by atoms with Gasteiger partial charge in [0.1, 0.15) is 12.4 Å². The average molecular weight is 325 g/mol. The van der Waals surface area contributed by atoms with Crippen molar-refractivity contribution in [2.45, 2.75) is 26.1 Å². The van der Waals surface area contributed by atoms with Gasteiger partial charge in [-0.1, -0.05) is 17.7 Å². The summed E-state index contributed by atoms with van der Waals surface area (Å²) in [6.45, 7) is 1.07. The minimum absolute atomic E-state index is 0.0908. The number of aliphatic hydroxyl groups is 1. The van der Waals surface area contributed by atoms with Crippen molar-refractivity contribution in [2.24, 2.45) is 0 Å². The molecule has 2 heterocycles. The molecule has 2 aromatic rings. The van der Waals surface area contributed by atoms with Crippen molar-refractivity contribution in [3.8, 4) is 0 Å². The molecule has 1 aromatic heterocycles. The molecule has 0 saturated heterocycles. The number of rotatable bonds is 3. The van der Waals surface area contributed by atoms with E-state index >= 15 is 0 Å². The van der Waals surface area contributed by atoms with E-state index in [9.17, 15) is 9.18 Å². The van der Waals surface area contributed by atoms with Gasteiger partial charge < -0.3 is 14.6 Å². The quantitative estimate of drug-likeness (QED) is 0.919. The highest BCUT2D eigenvalue weighted by Gasteiger charge is 2.25. The van der Waals surface area contributed by atoms with Crippen LogP contribution in [-0.2, 0) is 30.9 Å². The third-order valence-corrected chi connectivity index (χ3v) is 4.07. The van der Waals surface area contributed by atoms with Crippen molar-refractivity contribution in [1.82, 2.24) is 19.7 Å². The molecule has 6 nitrogen and oxygen atoms in total. The van der Waals surface area contributed by atoms with E-state index in [0.29, 0.717) is 24.7 Å². The Balaban J connectivity index is 1.74. The molecule has 0 radical (unpaired) electrons. The molecule has 1 amide bonds. The maximum atomic E-state index is 13.8. The summed E-state index contributed by atoms with van der Waals surface area (Å²) in [6.07, 6.45) is -0.0908. The number of nitrogens with zero attached hydrogens (tertiary/aromatic N) is 4. The molecule has 1 aromatic carbocycles. The lowest BCUT2D eigenvalue weighted by Gasteiger charge is -2.28. The van der Waals surface area contributed by atoms with Crippen molar-refractivity contribution in [1.29, 1.82) is 0 Å². The molecular weight excluding hydrogens is 311 g/mol. The normalized spacial score (nSPS) is 14.0. The lowest BCUT2D eigenvalue weighted by atomic mass is 10.1. The van der Waals surface area contributed by atoms with Crippen LogP contribution in [0.4, 0.5) is 4.39 Å². The van der Waals surface area contributed by atoms with Gasteiger partial charge in [0.25, 0.3) is 0 Å². The van der Waals surface area contributed by atoms with Gasteiger partial charge in [0.15, 0.2) is 11.6 Å². The number of hydrogen-bond donors (Lipinski definition) is 1. The van der Waals surface area contributed by atoms with E-state index in [1.54, 1.807) is 15.5 Å². The molecule has 22 heavy (non-hydrogen) atoms. The standard InChI is InChI=1S/C14H14ClFN4O2/c15-10-2-1-3-11(16)9(10)6-14(22)19-4-5-20-12(7-19)17-18-13(20)8-21/h1-3,21H,4-8H2. The number of fused-ring (bicyclic) bond motifs is 1. The summed E-state index contributed by atoms with van der Waals surface area (Å²) in [5.74, 6) is 0.401. The minimum Gasteiger partial charge on any atom is -0.388 e. The van der Waals surface area contributed by atoms with Gasteiger partial charge in [-0.2, -0.15) is 0 Å². The number of amides is 1. The van der Waals surface area contributed by atoms with Crippen LogP contribution in [0.5, 0.6) is 0 Å². The Morgan fingerprint density at radius 1 is 1.36 bits per heavy atom. The lowest BCUT2D eigenvalue weighted by molar-refractivity contribution is -0.132. The first-order chi connectivity index (χ1) is 10.6. The van der Waals surface area contributed by atoms with Gasteiger partial charge >= 0.3 is 0 Å². The SMILES string of the molecule is O=C(Cc1c(F)cccc1Cl)N1CCn2c(CO)nnc2C1. The topological polar surface area (TPSA) is 71.2 Å². The fourth-order valence-electron chi connectivity index (χ4n) is 2.51. The van der Waals surface area contributed by atoms with Crippen molar-refractivity contribution in [3.63, 3.8) is 0 Å². The maximum absolute atomic E-state index is 13.8. The highest BCUT2D eigenvalue weighted by Crippen LogP contribution is 2.21. The Hall–Kier alpha value is -1.99. The summed E-state index contributed by atoms with van der Waals surface area (Å²) in [5.41, 5.74) is 0.206. The van der Waals surface area contributed by atoms with Gasteiger partial charge in [-0.3, -0.25) is 4.79 Å². The number of benzene rings is 1. The van der Waals surface area contributed by atoms with Gasteiger partial charge in [0.05, 0.1) is 13.0 Å². The van der Waals surface area contributed by atoms with Gasteiger partial charge in [0.2, 0.25) is 5.91 Å². The van der Waals surface area contributed by atoms with Gasteiger partial charge in [-0.25, -0.2) is 4.39 Å². The smallest absolute Gasteiger partial charge is 0.227 e. The van der Waals surface area contributed by atoms with Crippen LogP contribution in [0.25, 0.3) is 0 Å². The van der Waals surface area contributed by atoms with E-state index in [4.69, 9.17) is 16.7 Å². The minimum atomic E-state index is -0.483. The Labute approximate surface area is 131 Å². The molecule has 8 heteroatoms. The Bertz CT molecular complexity index is 699. The Morgan fingerprint density at radius 3 is 2.91 bits per heavy atom. The molecule has 0 saturated carbocycles. The van der Waals surface area contributed by atoms with Gasteiger partial charge in [0, 0.05) is 23.7 Å². The van der Waals surface area contributed by atoms with Crippen molar-refractivity contribution < 1.29 is 14.3 Å². The number of carbonyl (C=O) groups excluding carboxylic acids is 1. The third kappa shape index (κ3) is 2.69. The molecule has 3 rings (SSSR count). The van der Waals surface area contributed by atoms with Crippen LogP contribution in [0.1, 0.15) is 17.2 Å². The highest BCUT2D eigenvalue weighted by atomic mass is 35.5. The monoisotopic (exact) mass is 324 g/mol. The van der Waals surface area contributed by atoms with Gasteiger partial charge in [-0.15, -0.1) is 10.2 Å². The lowest BCUT2D eigenvalue weighted by Crippen LogP contribution is -2.39. The highest BCUT2D eigenvalue weighted by molar-refractivity contribution is 6.31. The Morgan fingerprint density at radius 2 is 2.18 bits per heavy atom. The van der Waals surface area contributed by atoms with E-state index in [2.05, 4.69) is 10.2 Å². The fourth-order valence-corrected chi connectivity index (χ4v) is 2.74. The van der Waals surface area contributed by atoms with Crippen LogP contribution >= 0.6 is 11.6 Å². The van der Waals surface area contributed by atoms with E-state index in [-0.39, 0.29) is 36.1 Å². The van der Waals surface area contributed by atoms with Gasteiger partial charge in [-0.05, 0) is 12.1 Å². The first-order valence-corrected chi connectivity index (χ1v) is 7.20. The zero-order valence-corrected chi connectivity index (χ0v) is 12.4. The van der Waals surface area contributed by atoms with Crippen molar-refractivity contribution >= 4 is 17.5 Å². The van der Waals surface area contributed by atoms with Crippen LogP contribution in [0.3, 0.4) is 0 Å². The number of halogens is 2. The summed E-state index contributed by atoms with van der Waals surface area (Å²) in [6, 6.07) is 4.36. The van der Waals surface area contributed by atoms with Crippen LogP contribution in [-0.4, -0.2) is 37.2 Å². The molecule has 0 fully saturated rings. The van der Waals surface area contributed by atoms with Crippen LogP contribution < -0.4 is 0 Å². The summed E-state index contributed by atoms with van der Waals surface area (Å²) < 4.78 is 15.5. The predicted molar refractivity (Wildman–Crippen MR) is 76.5 cm³/mol. The van der Waals surface area contributed by atoms with Crippen LogP contribution in [0.15, 0.2) is 18.2 Å². The molecule has 1 aliphatic rings.